The van der Waals surface area contributed by atoms with E-state index in [4.69, 9.17) is 38.4 Å². The first-order valence-electron chi connectivity index (χ1n) is 6.29. The first-order valence-corrected chi connectivity index (χ1v) is 7.04. The van der Waals surface area contributed by atoms with E-state index < -0.39 is 6.10 Å². The first-order chi connectivity index (χ1) is 10.0. The highest BCUT2D eigenvalue weighted by Crippen LogP contribution is 2.24. The van der Waals surface area contributed by atoms with Crippen molar-refractivity contribution in [2.24, 2.45) is 0 Å². The lowest BCUT2D eigenvalue weighted by Gasteiger charge is -2.14. The summed E-state index contributed by atoms with van der Waals surface area (Å²) in [5.74, 6) is 1.02. The van der Waals surface area contributed by atoms with Gasteiger partial charge >= 0.3 is 0 Å². The van der Waals surface area contributed by atoms with Crippen LogP contribution in [0.15, 0.2) is 42.5 Å². The van der Waals surface area contributed by atoms with E-state index in [-0.39, 0.29) is 13.2 Å². The molecule has 0 aliphatic rings. The van der Waals surface area contributed by atoms with Crippen LogP contribution < -0.4 is 15.2 Å². The van der Waals surface area contributed by atoms with Gasteiger partial charge in [-0.25, -0.2) is 0 Å². The Morgan fingerprint density at radius 1 is 1.00 bits per heavy atom. The maximum absolute atomic E-state index is 9.84. The maximum Gasteiger partial charge on any atom is 0.142 e. The Bertz CT molecular complexity index is 587. The van der Waals surface area contributed by atoms with Gasteiger partial charge in [0.1, 0.15) is 30.8 Å². The van der Waals surface area contributed by atoms with E-state index in [2.05, 4.69) is 0 Å². The van der Waals surface area contributed by atoms with Gasteiger partial charge in [-0.15, -0.1) is 0 Å². The largest absolute Gasteiger partial charge is 0.491 e. The van der Waals surface area contributed by atoms with Crippen molar-refractivity contribution in [2.45, 2.75) is 6.10 Å². The molecule has 1 unspecified atom stereocenters. The number of ether oxygens (including phenoxy) is 2. The van der Waals surface area contributed by atoms with E-state index in [1.807, 2.05) is 12.1 Å². The molecule has 2 aromatic rings. The number of hydrogen-bond donors (Lipinski definition) is 2. The molecule has 0 aliphatic carbocycles. The van der Waals surface area contributed by atoms with Gasteiger partial charge in [-0.05, 0) is 30.3 Å². The van der Waals surface area contributed by atoms with E-state index in [9.17, 15) is 5.11 Å². The molecule has 2 aromatic carbocycles. The second kappa shape index (κ2) is 7.41. The van der Waals surface area contributed by atoms with Crippen molar-refractivity contribution in [1.29, 1.82) is 0 Å². The topological polar surface area (TPSA) is 64.7 Å². The summed E-state index contributed by atoms with van der Waals surface area (Å²) in [5, 5.41) is 10.8. The van der Waals surface area contributed by atoms with E-state index in [0.29, 0.717) is 27.2 Å². The highest BCUT2D eigenvalue weighted by atomic mass is 35.5. The van der Waals surface area contributed by atoms with E-state index in [1.165, 1.54) is 0 Å². The normalized spacial score (nSPS) is 12.0. The summed E-state index contributed by atoms with van der Waals surface area (Å²) < 4.78 is 10.8. The van der Waals surface area contributed by atoms with Gasteiger partial charge in [0.05, 0.1) is 5.69 Å². The van der Waals surface area contributed by atoms with E-state index >= 15 is 0 Å². The van der Waals surface area contributed by atoms with Crippen LogP contribution in [0, 0.1) is 0 Å². The minimum atomic E-state index is -0.803. The average Bonchev–Trinajstić information content (AvgIpc) is 2.43. The Morgan fingerprint density at radius 2 is 1.62 bits per heavy atom. The second-order valence-corrected chi connectivity index (χ2v) is 5.29. The van der Waals surface area contributed by atoms with E-state index in [0.717, 1.165) is 0 Å². The molecular weight excluding hydrogens is 313 g/mol. The number of aliphatic hydroxyl groups excluding tert-OH is 1. The molecule has 0 aromatic heterocycles. The van der Waals surface area contributed by atoms with Gasteiger partial charge in [-0.1, -0.05) is 35.3 Å². The Morgan fingerprint density at radius 3 is 2.29 bits per heavy atom. The summed E-state index contributed by atoms with van der Waals surface area (Å²) in [7, 11) is 0. The zero-order valence-corrected chi connectivity index (χ0v) is 12.6. The lowest BCUT2D eigenvalue weighted by Crippen LogP contribution is -2.25. The number of anilines is 1. The molecule has 21 heavy (non-hydrogen) atoms. The fraction of sp³-hybridized carbons (Fsp3) is 0.200. The molecule has 0 heterocycles. The molecule has 0 saturated carbocycles. The molecule has 1 atom stereocenters. The number of para-hydroxylation sites is 2. The molecule has 0 saturated heterocycles. The third-order valence-corrected chi connectivity index (χ3v) is 3.07. The number of rotatable bonds is 6. The lowest BCUT2D eigenvalue weighted by atomic mass is 10.3. The van der Waals surface area contributed by atoms with Crippen LogP contribution in [0.5, 0.6) is 11.5 Å². The molecule has 0 amide bonds. The SMILES string of the molecule is Nc1ccccc1OCC(O)COc1cc(Cl)cc(Cl)c1. The van der Waals surface area contributed by atoms with Gasteiger partial charge < -0.3 is 20.3 Å². The summed E-state index contributed by atoms with van der Waals surface area (Å²) >= 11 is 11.7. The standard InChI is InChI=1S/C15H15Cl2NO3/c16-10-5-11(17)7-13(6-10)20-8-12(19)9-21-15-4-2-1-3-14(15)18/h1-7,12,19H,8-9,18H2. The molecule has 0 bridgehead atoms. The molecule has 112 valence electrons. The van der Waals surface area contributed by atoms with Crippen molar-refractivity contribution in [1.82, 2.24) is 0 Å². The van der Waals surface area contributed by atoms with Crippen molar-refractivity contribution in [3.05, 3.63) is 52.5 Å². The molecule has 0 spiro atoms. The van der Waals surface area contributed by atoms with Gasteiger partial charge in [0.25, 0.3) is 0 Å². The Hall–Kier alpha value is -1.62. The van der Waals surface area contributed by atoms with Gasteiger partial charge in [0.2, 0.25) is 0 Å². The zero-order valence-electron chi connectivity index (χ0n) is 11.1. The summed E-state index contributed by atoms with van der Waals surface area (Å²) in [6.07, 6.45) is -0.803. The monoisotopic (exact) mass is 327 g/mol. The number of halogens is 2. The summed E-state index contributed by atoms with van der Waals surface area (Å²) in [6.45, 7) is 0.131. The van der Waals surface area contributed by atoms with Gasteiger partial charge in [-0.3, -0.25) is 0 Å². The summed E-state index contributed by atoms with van der Waals surface area (Å²) in [4.78, 5) is 0. The number of nitrogens with two attached hydrogens (primary N) is 1. The molecule has 0 fully saturated rings. The van der Waals surface area contributed by atoms with Crippen molar-refractivity contribution in [2.75, 3.05) is 18.9 Å². The van der Waals surface area contributed by atoms with Crippen LogP contribution >= 0.6 is 23.2 Å². The molecule has 0 radical (unpaired) electrons. The quantitative estimate of drug-likeness (QED) is 0.798. The van der Waals surface area contributed by atoms with E-state index in [1.54, 1.807) is 30.3 Å². The number of nitrogen functional groups attached to an aromatic ring is 1. The predicted molar refractivity (Wildman–Crippen MR) is 84.3 cm³/mol. The average molecular weight is 328 g/mol. The second-order valence-electron chi connectivity index (χ2n) is 4.42. The Balaban J connectivity index is 1.82. The fourth-order valence-corrected chi connectivity index (χ4v) is 2.16. The number of benzene rings is 2. The van der Waals surface area contributed by atoms with Crippen LogP contribution in [0.1, 0.15) is 0 Å². The van der Waals surface area contributed by atoms with Crippen LogP contribution in [0.2, 0.25) is 10.0 Å². The van der Waals surface area contributed by atoms with Gasteiger partial charge in [0, 0.05) is 10.0 Å². The van der Waals surface area contributed by atoms with Crippen molar-refractivity contribution in [3.63, 3.8) is 0 Å². The molecule has 0 aliphatic heterocycles. The first kappa shape index (κ1) is 15.8. The highest BCUT2D eigenvalue weighted by Gasteiger charge is 2.08. The maximum atomic E-state index is 9.84. The van der Waals surface area contributed by atoms with Gasteiger partial charge in [0.15, 0.2) is 0 Å². The Kier molecular flexibility index (Phi) is 5.56. The van der Waals surface area contributed by atoms with Crippen molar-refractivity contribution < 1.29 is 14.6 Å². The lowest BCUT2D eigenvalue weighted by molar-refractivity contribution is 0.0629. The number of hydrogen-bond acceptors (Lipinski definition) is 4. The predicted octanol–water partition coefficient (Wildman–Crippen LogP) is 3.39. The van der Waals surface area contributed by atoms with Gasteiger partial charge in [-0.2, -0.15) is 0 Å². The highest BCUT2D eigenvalue weighted by molar-refractivity contribution is 6.34. The fourth-order valence-electron chi connectivity index (χ4n) is 1.65. The summed E-state index contributed by atoms with van der Waals surface area (Å²) in [6, 6.07) is 11.9. The van der Waals surface area contributed by atoms with Crippen LogP contribution in [-0.4, -0.2) is 24.4 Å². The van der Waals surface area contributed by atoms with Crippen LogP contribution in [0.25, 0.3) is 0 Å². The van der Waals surface area contributed by atoms with Crippen molar-refractivity contribution >= 4 is 28.9 Å². The molecule has 3 N–H and O–H groups in total. The van der Waals surface area contributed by atoms with Crippen molar-refractivity contribution in [3.8, 4) is 11.5 Å². The van der Waals surface area contributed by atoms with Crippen LogP contribution in [0.3, 0.4) is 0 Å². The third-order valence-electron chi connectivity index (χ3n) is 2.63. The number of aliphatic hydroxyl groups is 1. The smallest absolute Gasteiger partial charge is 0.142 e. The molecule has 2 rings (SSSR count). The van der Waals surface area contributed by atoms with Crippen LogP contribution in [-0.2, 0) is 0 Å². The third kappa shape index (κ3) is 5.01. The summed E-state index contributed by atoms with van der Waals surface area (Å²) in [5.41, 5.74) is 6.26. The zero-order chi connectivity index (χ0) is 15.2. The minimum absolute atomic E-state index is 0.0589. The minimum Gasteiger partial charge on any atom is -0.491 e. The Labute approximate surface area is 133 Å². The van der Waals surface area contributed by atoms with Crippen LogP contribution in [0.4, 0.5) is 5.69 Å². The molecular formula is C15H15Cl2NO3. The molecule has 6 heteroatoms. The molecule has 4 nitrogen and oxygen atoms in total.